The molecule has 0 bridgehead atoms. The van der Waals surface area contributed by atoms with Crippen LogP contribution in [-0.4, -0.2) is 37.4 Å². The fraction of sp³-hybridized carbons (Fsp3) is 0.211. The molecule has 28 heavy (non-hydrogen) atoms. The van der Waals surface area contributed by atoms with Gasteiger partial charge < -0.3 is 23.5 Å². The highest BCUT2D eigenvalue weighted by atomic mass is 79.9. The molecule has 0 radical (unpaired) electrons. The molecule has 0 unspecified atom stereocenters. The third-order valence-corrected chi connectivity index (χ3v) is 4.43. The van der Waals surface area contributed by atoms with E-state index in [1.54, 1.807) is 50.6 Å². The number of methoxy groups -OCH3 is 3. The first-order valence-corrected chi connectivity index (χ1v) is 8.90. The molecular weight excluding hydrogens is 432 g/mol. The number of carbonyl (C=O) groups excluding carboxylic acids is 1. The Labute approximate surface area is 169 Å². The quantitative estimate of drug-likeness (QED) is 0.502. The number of hydrogen-bond acceptors (Lipinski definition) is 8. The van der Waals surface area contributed by atoms with Crippen molar-refractivity contribution in [1.29, 1.82) is 0 Å². The summed E-state index contributed by atoms with van der Waals surface area (Å²) in [6, 6.07) is 10.2. The summed E-state index contributed by atoms with van der Waals surface area (Å²) in [4.78, 5) is 15.9. The molecular formula is C19H17BrN2O6. The zero-order chi connectivity index (χ0) is 20.1. The minimum absolute atomic E-state index is 0.0659. The Kier molecular flexibility index (Phi) is 6.15. The summed E-state index contributed by atoms with van der Waals surface area (Å²) in [6.45, 7) is 0.0659. The summed E-state index contributed by atoms with van der Waals surface area (Å²) in [5.74, 6) is 1.98. The van der Waals surface area contributed by atoms with E-state index in [4.69, 9.17) is 18.7 Å². The average Bonchev–Trinajstić information content (AvgIpc) is 3.20. The van der Waals surface area contributed by atoms with Gasteiger partial charge in [-0.2, -0.15) is 4.98 Å². The number of halogens is 1. The minimum Gasteiger partial charge on any atom is -0.493 e. The second kappa shape index (κ2) is 8.75. The minimum atomic E-state index is -0.427. The first-order valence-electron chi connectivity index (χ1n) is 8.11. The normalized spacial score (nSPS) is 10.4. The molecule has 0 saturated heterocycles. The van der Waals surface area contributed by atoms with E-state index < -0.39 is 5.97 Å². The maximum Gasteiger partial charge on any atom is 0.337 e. The lowest BCUT2D eigenvalue weighted by molar-refractivity contribution is 0.0600. The van der Waals surface area contributed by atoms with Gasteiger partial charge in [0.15, 0.2) is 18.1 Å². The highest BCUT2D eigenvalue weighted by Crippen LogP contribution is 2.31. The Morgan fingerprint density at radius 3 is 2.46 bits per heavy atom. The maximum absolute atomic E-state index is 11.5. The van der Waals surface area contributed by atoms with E-state index in [1.165, 1.54) is 7.11 Å². The number of aromatic nitrogens is 2. The molecule has 9 heteroatoms. The van der Waals surface area contributed by atoms with Gasteiger partial charge in [0.05, 0.1) is 31.4 Å². The van der Waals surface area contributed by atoms with Gasteiger partial charge in [0.2, 0.25) is 5.82 Å². The van der Waals surface area contributed by atoms with Gasteiger partial charge in [-0.15, -0.1) is 0 Å². The number of benzene rings is 2. The monoisotopic (exact) mass is 448 g/mol. The Morgan fingerprint density at radius 2 is 1.79 bits per heavy atom. The van der Waals surface area contributed by atoms with Crippen LogP contribution in [0.5, 0.6) is 17.2 Å². The van der Waals surface area contributed by atoms with E-state index >= 15 is 0 Å². The van der Waals surface area contributed by atoms with Gasteiger partial charge in [0, 0.05) is 5.56 Å². The van der Waals surface area contributed by atoms with Gasteiger partial charge in [-0.1, -0.05) is 5.16 Å². The van der Waals surface area contributed by atoms with Crippen molar-refractivity contribution in [1.82, 2.24) is 10.1 Å². The van der Waals surface area contributed by atoms with Crippen molar-refractivity contribution in [3.63, 3.8) is 0 Å². The van der Waals surface area contributed by atoms with Gasteiger partial charge >= 0.3 is 5.97 Å². The topological polar surface area (TPSA) is 92.9 Å². The predicted octanol–water partition coefficient (Wildman–Crippen LogP) is 3.88. The van der Waals surface area contributed by atoms with Crippen molar-refractivity contribution in [2.75, 3.05) is 21.3 Å². The van der Waals surface area contributed by atoms with Crippen LogP contribution in [0.4, 0.5) is 0 Å². The van der Waals surface area contributed by atoms with Crippen molar-refractivity contribution < 1.29 is 28.3 Å². The fourth-order valence-corrected chi connectivity index (χ4v) is 2.90. The van der Waals surface area contributed by atoms with Crippen LogP contribution >= 0.6 is 15.9 Å². The van der Waals surface area contributed by atoms with E-state index in [9.17, 15) is 4.79 Å². The molecule has 2 aromatic carbocycles. The van der Waals surface area contributed by atoms with Gasteiger partial charge in [-0.05, 0) is 52.3 Å². The van der Waals surface area contributed by atoms with Crippen molar-refractivity contribution in [2.24, 2.45) is 0 Å². The van der Waals surface area contributed by atoms with E-state index in [2.05, 4.69) is 30.8 Å². The largest absolute Gasteiger partial charge is 0.493 e. The molecule has 0 fully saturated rings. The summed E-state index contributed by atoms with van der Waals surface area (Å²) < 4.78 is 26.7. The Balaban J connectivity index is 1.71. The van der Waals surface area contributed by atoms with Crippen molar-refractivity contribution in [3.8, 4) is 28.6 Å². The predicted molar refractivity (Wildman–Crippen MR) is 103 cm³/mol. The maximum atomic E-state index is 11.5. The molecule has 3 rings (SSSR count). The molecule has 0 N–H and O–H groups in total. The SMILES string of the molecule is COC(=O)c1ccc(OCc2nc(-c3ccc(OC)c(OC)c3)no2)c(Br)c1. The first kappa shape index (κ1) is 19.7. The second-order valence-corrected chi connectivity index (χ2v) is 6.36. The summed E-state index contributed by atoms with van der Waals surface area (Å²) in [6.07, 6.45) is 0. The molecule has 0 saturated carbocycles. The zero-order valence-electron chi connectivity index (χ0n) is 15.4. The Morgan fingerprint density at radius 1 is 1.04 bits per heavy atom. The molecule has 8 nitrogen and oxygen atoms in total. The molecule has 1 heterocycles. The molecule has 0 amide bonds. The molecule has 1 aromatic heterocycles. The number of esters is 1. The van der Waals surface area contributed by atoms with E-state index in [0.29, 0.717) is 39.0 Å². The highest BCUT2D eigenvalue weighted by Gasteiger charge is 2.14. The van der Waals surface area contributed by atoms with Crippen LogP contribution < -0.4 is 14.2 Å². The number of rotatable bonds is 7. The van der Waals surface area contributed by atoms with Gasteiger partial charge in [0.1, 0.15) is 5.75 Å². The first-order chi connectivity index (χ1) is 13.5. The van der Waals surface area contributed by atoms with Crippen LogP contribution in [0, 0.1) is 0 Å². The standard InChI is InChI=1S/C19H17BrN2O6/c1-24-15-7-4-11(9-16(15)25-2)18-21-17(28-22-18)10-27-14-6-5-12(8-13(14)20)19(23)26-3/h4-9H,10H2,1-3H3. The summed E-state index contributed by atoms with van der Waals surface area (Å²) in [5.41, 5.74) is 1.13. The van der Waals surface area contributed by atoms with E-state index in [-0.39, 0.29) is 6.61 Å². The Hall–Kier alpha value is -3.07. The molecule has 0 spiro atoms. The summed E-state index contributed by atoms with van der Waals surface area (Å²) in [5, 5.41) is 3.97. The Bertz CT molecular complexity index is 988. The smallest absolute Gasteiger partial charge is 0.337 e. The molecule has 0 aliphatic rings. The van der Waals surface area contributed by atoms with Crippen LogP contribution in [0.15, 0.2) is 45.4 Å². The molecule has 0 aliphatic carbocycles. The van der Waals surface area contributed by atoms with Crippen molar-refractivity contribution in [3.05, 3.63) is 52.3 Å². The van der Waals surface area contributed by atoms with Gasteiger partial charge in [-0.25, -0.2) is 4.79 Å². The fourth-order valence-electron chi connectivity index (χ4n) is 2.41. The van der Waals surface area contributed by atoms with Crippen LogP contribution in [0.2, 0.25) is 0 Å². The zero-order valence-corrected chi connectivity index (χ0v) is 17.0. The highest BCUT2D eigenvalue weighted by molar-refractivity contribution is 9.10. The number of carbonyl (C=O) groups is 1. The van der Waals surface area contributed by atoms with Gasteiger partial charge in [0.25, 0.3) is 5.89 Å². The molecule has 3 aromatic rings. The average molecular weight is 449 g/mol. The summed E-state index contributed by atoms with van der Waals surface area (Å²) >= 11 is 3.36. The van der Waals surface area contributed by atoms with Crippen LogP contribution in [0.3, 0.4) is 0 Å². The van der Waals surface area contributed by atoms with Crippen molar-refractivity contribution >= 4 is 21.9 Å². The molecule has 0 aliphatic heterocycles. The lowest BCUT2D eigenvalue weighted by Gasteiger charge is -2.07. The number of ether oxygens (including phenoxy) is 4. The van der Waals surface area contributed by atoms with Crippen LogP contribution in [0.25, 0.3) is 11.4 Å². The van der Waals surface area contributed by atoms with Crippen LogP contribution in [-0.2, 0) is 11.3 Å². The van der Waals surface area contributed by atoms with Crippen molar-refractivity contribution in [2.45, 2.75) is 6.61 Å². The van der Waals surface area contributed by atoms with E-state index in [0.717, 1.165) is 5.56 Å². The van der Waals surface area contributed by atoms with E-state index in [1.807, 2.05) is 0 Å². The lowest BCUT2D eigenvalue weighted by atomic mass is 10.2. The third kappa shape index (κ3) is 4.25. The number of nitrogens with zero attached hydrogens (tertiary/aromatic N) is 2. The molecule has 146 valence electrons. The lowest BCUT2D eigenvalue weighted by Crippen LogP contribution is -2.02. The van der Waals surface area contributed by atoms with Crippen LogP contribution in [0.1, 0.15) is 16.2 Å². The summed E-state index contributed by atoms with van der Waals surface area (Å²) in [7, 11) is 4.45. The number of hydrogen-bond donors (Lipinski definition) is 0. The van der Waals surface area contributed by atoms with Gasteiger partial charge in [-0.3, -0.25) is 0 Å². The second-order valence-electron chi connectivity index (χ2n) is 5.51. The third-order valence-electron chi connectivity index (χ3n) is 3.81. The molecule has 0 atom stereocenters.